The average Bonchev–Trinajstić information content (AvgIpc) is 2.14. The summed E-state index contributed by atoms with van der Waals surface area (Å²) in [5.74, 6) is -13.4. The van der Waals surface area contributed by atoms with E-state index in [1.165, 1.54) is 6.92 Å². The summed E-state index contributed by atoms with van der Waals surface area (Å²) in [4.78, 5) is 0. The molecule has 0 bridgehead atoms. The summed E-state index contributed by atoms with van der Waals surface area (Å²) in [6.07, 6.45) is -1.81. The van der Waals surface area contributed by atoms with Crippen molar-refractivity contribution in [1.29, 1.82) is 0 Å². The number of hydrogen-bond donors (Lipinski definition) is 0. The predicted octanol–water partition coefficient (Wildman–Crippen LogP) is 0.584. The van der Waals surface area contributed by atoms with Crippen LogP contribution >= 0.6 is 0 Å². The predicted molar refractivity (Wildman–Crippen MR) is 43.1 cm³/mol. The van der Waals surface area contributed by atoms with E-state index in [1.807, 2.05) is 0 Å². The molecule has 17 heavy (non-hydrogen) atoms. The molecule has 8 heteroatoms. The lowest BCUT2D eigenvalue weighted by molar-refractivity contribution is -0.554. The van der Waals surface area contributed by atoms with Gasteiger partial charge in [0, 0.05) is 6.08 Å². The van der Waals surface area contributed by atoms with E-state index in [1.54, 1.807) is 0 Å². The van der Waals surface area contributed by atoms with Crippen molar-refractivity contribution in [2.24, 2.45) is 0 Å². The molecule has 0 aromatic rings. The summed E-state index contributed by atoms with van der Waals surface area (Å²) >= 11 is 0.240. The van der Waals surface area contributed by atoms with Crippen molar-refractivity contribution < 1.29 is 53.3 Å². The first-order chi connectivity index (χ1) is 7.44. The van der Waals surface area contributed by atoms with Crippen molar-refractivity contribution in [2.75, 3.05) is 0 Å². The van der Waals surface area contributed by atoms with E-state index in [2.05, 4.69) is 0 Å². The van der Waals surface area contributed by atoms with Gasteiger partial charge in [0.05, 0.1) is 0 Å². The SMILES string of the molecule is CCCC1(F)C(F)([IH+])C=C(F)C(F)(F)C1(F)F. The molecule has 0 spiro atoms. The third-order valence-electron chi connectivity index (χ3n) is 2.64. The highest BCUT2D eigenvalue weighted by Crippen LogP contribution is 2.57. The monoisotopic (exact) mass is 377 g/mol. The first-order valence-corrected chi connectivity index (χ1v) is 5.83. The van der Waals surface area contributed by atoms with Crippen molar-refractivity contribution in [3.63, 3.8) is 0 Å². The normalized spacial score (nSPS) is 39.9. The summed E-state index contributed by atoms with van der Waals surface area (Å²) in [6, 6.07) is 0. The van der Waals surface area contributed by atoms with Gasteiger partial charge in [-0.15, -0.1) is 0 Å². The summed E-state index contributed by atoms with van der Waals surface area (Å²) in [5, 5.41) is 0. The second-order valence-corrected chi connectivity index (χ2v) is 5.53. The quantitative estimate of drug-likeness (QED) is 0.376. The van der Waals surface area contributed by atoms with Crippen molar-refractivity contribution in [3.05, 3.63) is 11.9 Å². The Bertz CT molecular complexity index is 349. The molecule has 0 radical (unpaired) electrons. The molecule has 0 N–H and O–H groups in total. The molecule has 0 aliphatic heterocycles. The molecule has 0 heterocycles. The van der Waals surface area contributed by atoms with E-state index in [0.717, 1.165) is 0 Å². The fraction of sp³-hybridized carbons (Fsp3) is 0.778. The molecule has 1 aliphatic carbocycles. The van der Waals surface area contributed by atoms with E-state index in [4.69, 9.17) is 0 Å². The van der Waals surface area contributed by atoms with Crippen LogP contribution in [-0.2, 0) is 0 Å². The largest absolute Gasteiger partial charge is 0.364 e. The Morgan fingerprint density at radius 3 is 2.00 bits per heavy atom. The van der Waals surface area contributed by atoms with Gasteiger partial charge in [0.15, 0.2) is 5.83 Å². The van der Waals surface area contributed by atoms with E-state index >= 15 is 0 Å². The Morgan fingerprint density at radius 1 is 1.12 bits per heavy atom. The minimum atomic E-state index is -5.43. The number of allylic oxidation sites excluding steroid dienone is 2. The molecule has 100 valence electrons. The van der Waals surface area contributed by atoms with Crippen molar-refractivity contribution >= 4 is 0 Å². The van der Waals surface area contributed by atoms with Gasteiger partial charge in [0.25, 0.3) is 5.67 Å². The molecule has 2 atom stereocenters. The Hall–Kier alpha value is -0.0200. The molecular weight excluding hydrogens is 368 g/mol. The number of alkyl halides is 7. The molecule has 0 nitrogen and oxygen atoms in total. The van der Waals surface area contributed by atoms with Crippen LogP contribution in [0.3, 0.4) is 0 Å². The molecule has 0 aromatic carbocycles. The second kappa shape index (κ2) is 3.99. The standard InChI is InChI=1S/C9H9F7I/c1-2-3-6(11)7(12,17)4-5(10)8(13,14)9(6,15)16/h4,17H,2-3H2,1H3/q+1. The minimum Gasteiger partial charge on any atom is -0.228 e. The first kappa shape index (κ1) is 15.0. The van der Waals surface area contributed by atoms with E-state index in [-0.39, 0.29) is 29.0 Å². The van der Waals surface area contributed by atoms with Crippen LogP contribution in [0.2, 0.25) is 0 Å². The summed E-state index contributed by atoms with van der Waals surface area (Å²) in [7, 11) is 0. The lowest BCUT2D eigenvalue weighted by atomic mass is 9.79. The zero-order chi connectivity index (χ0) is 13.7. The van der Waals surface area contributed by atoms with Gasteiger partial charge in [-0.1, -0.05) is 13.3 Å². The average molecular weight is 377 g/mol. The van der Waals surface area contributed by atoms with Crippen LogP contribution in [0, 0.1) is 0 Å². The zero-order valence-electron chi connectivity index (χ0n) is 8.55. The Labute approximate surface area is 106 Å². The van der Waals surface area contributed by atoms with Gasteiger partial charge < -0.3 is 0 Å². The number of rotatable bonds is 2. The maximum atomic E-state index is 14.0. The van der Waals surface area contributed by atoms with Crippen LogP contribution < -0.4 is 22.6 Å². The van der Waals surface area contributed by atoms with Crippen LogP contribution in [0.25, 0.3) is 0 Å². The Balaban J connectivity index is 3.48. The van der Waals surface area contributed by atoms with Gasteiger partial charge in [-0.3, -0.25) is 0 Å². The highest BCUT2D eigenvalue weighted by Gasteiger charge is 2.84. The molecule has 0 amide bonds. The topological polar surface area (TPSA) is 0 Å². The lowest BCUT2D eigenvalue weighted by Crippen LogP contribution is -3.44. The third-order valence-corrected chi connectivity index (χ3v) is 3.90. The van der Waals surface area contributed by atoms with E-state index < -0.39 is 39.5 Å². The molecule has 1 aliphatic rings. The maximum Gasteiger partial charge on any atom is 0.364 e. The Kier molecular flexibility index (Phi) is 3.53. The minimum absolute atomic E-state index is 0.240. The van der Waals surface area contributed by atoms with Gasteiger partial charge in [-0.25, -0.2) is 8.78 Å². The van der Waals surface area contributed by atoms with Gasteiger partial charge in [0.2, 0.25) is 0 Å². The van der Waals surface area contributed by atoms with Crippen LogP contribution in [-0.4, -0.2) is 21.2 Å². The highest BCUT2D eigenvalue weighted by molar-refractivity contribution is 5.29. The summed E-state index contributed by atoms with van der Waals surface area (Å²) in [6.45, 7) is 1.24. The molecule has 0 fully saturated rings. The third kappa shape index (κ3) is 1.77. The van der Waals surface area contributed by atoms with Crippen LogP contribution in [0.15, 0.2) is 11.9 Å². The number of halogens is 8. The fourth-order valence-corrected chi connectivity index (χ4v) is 2.61. The first-order valence-electron chi connectivity index (χ1n) is 4.67. The molecular formula is C9H9F7I+. The van der Waals surface area contributed by atoms with Crippen molar-refractivity contribution in [2.45, 2.75) is 41.0 Å². The summed E-state index contributed by atoms with van der Waals surface area (Å²) in [5.41, 5.74) is -4.13. The number of hydrogen-bond acceptors (Lipinski definition) is 0. The van der Waals surface area contributed by atoms with Gasteiger partial charge >= 0.3 is 38.1 Å². The second-order valence-electron chi connectivity index (χ2n) is 3.84. The lowest BCUT2D eigenvalue weighted by Gasteiger charge is -2.41. The van der Waals surface area contributed by atoms with Crippen LogP contribution in [0.1, 0.15) is 19.8 Å². The molecule has 2 unspecified atom stereocenters. The molecule has 0 saturated heterocycles. The molecule has 1 rings (SSSR count). The fourth-order valence-electron chi connectivity index (χ4n) is 1.65. The van der Waals surface area contributed by atoms with Gasteiger partial charge in [0.1, 0.15) is 0 Å². The van der Waals surface area contributed by atoms with Gasteiger partial charge in [-0.05, 0) is 6.42 Å². The van der Waals surface area contributed by atoms with Crippen LogP contribution in [0.5, 0.6) is 0 Å². The Morgan fingerprint density at radius 2 is 1.59 bits per heavy atom. The summed E-state index contributed by atoms with van der Waals surface area (Å²) < 4.78 is 89.5. The zero-order valence-corrected chi connectivity index (χ0v) is 10.9. The van der Waals surface area contributed by atoms with E-state index in [9.17, 15) is 30.7 Å². The van der Waals surface area contributed by atoms with Crippen LogP contribution in [0.4, 0.5) is 30.7 Å². The molecule has 0 saturated carbocycles. The van der Waals surface area contributed by atoms with Gasteiger partial charge in [-0.2, -0.15) is 22.0 Å². The van der Waals surface area contributed by atoms with Crippen molar-refractivity contribution in [3.8, 4) is 0 Å². The highest BCUT2D eigenvalue weighted by atomic mass is 127. The smallest absolute Gasteiger partial charge is 0.228 e. The molecule has 0 aromatic heterocycles. The van der Waals surface area contributed by atoms with Crippen molar-refractivity contribution in [1.82, 2.24) is 0 Å². The van der Waals surface area contributed by atoms with E-state index in [0.29, 0.717) is 0 Å². The maximum absolute atomic E-state index is 14.0.